The molecule has 0 N–H and O–H groups in total. The van der Waals surface area contributed by atoms with Crippen LogP contribution in [0.5, 0.6) is 0 Å². The van der Waals surface area contributed by atoms with Gasteiger partial charge in [0.15, 0.2) is 0 Å². The van der Waals surface area contributed by atoms with E-state index in [1.54, 1.807) is 0 Å². The van der Waals surface area contributed by atoms with Gasteiger partial charge in [0.2, 0.25) is 0 Å². The number of aliphatic imine (C=N–C) groups is 2. The predicted octanol–water partition coefficient (Wildman–Crippen LogP) is 11.5. The average Bonchev–Trinajstić information content (AvgIpc) is 3.62. The minimum absolute atomic E-state index is 0.769. The van der Waals surface area contributed by atoms with Crippen LogP contribution in [0.4, 0.5) is 0 Å². The zero-order chi connectivity index (χ0) is 30.1. The molecule has 0 aliphatic carbocycles. The van der Waals surface area contributed by atoms with Crippen molar-refractivity contribution in [2.45, 2.75) is 6.92 Å². The number of hydrogen-bond donors (Lipinski definition) is 0. The second kappa shape index (κ2) is 9.98. The lowest BCUT2D eigenvalue weighted by Gasteiger charge is -2.11. The zero-order valence-electron chi connectivity index (χ0n) is 24.7. The fraction of sp³-hybridized carbons (Fsp3) is 0.0244. The first-order chi connectivity index (χ1) is 22.2. The van der Waals surface area contributed by atoms with Gasteiger partial charge < -0.3 is 4.40 Å². The molecule has 9 aromatic rings. The summed E-state index contributed by atoms with van der Waals surface area (Å²) in [6.07, 6.45) is 1.83. The number of aromatic nitrogens is 1. The first kappa shape index (κ1) is 25.9. The van der Waals surface area contributed by atoms with Crippen LogP contribution < -0.4 is 0 Å². The molecule has 4 heteroatoms. The van der Waals surface area contributed by atoms with Gasteiger partial charge in [0, 0.05) is 38.2 Å². The Morgan fingerprint density at radius 1 is 0.622 bits per heavy atom. The molecule has 0 saturated heterocycles. The van der Waals surface area contributed by atoms with E-state index in [2.05, 4.69) is 144 Å². The van der Waals surface area contributed by atoms with Crippen LogP contribution in [0.2, 0.25) is 0 Å². The summed E-state index contributed by atoms with van der Waals surface area (Å²) in [7, 11) is 0. The van der Waals surface area contributed by atoms with Gasteiger partial charge in [-0.15, -0.1) is 11.3 Å². The quantitative estimate of drug-likeness (QED) is 0.143. The lowest BCUT2D eigenvalue weighted by molar-refractivity contribution is 1.35. The summed E-state index contributed by atoms with van der Waals surface area (Å²) in [5.41, 5.74) is 7.22. The van der Waals surface area contributed by atoms with Gasteiger partial charge in [0.25, 0.3) is 0 Å². The molecule has 3 heterocycles. The van der Waals surface area contributed by atoms with E-state index < -0.39 is 0 Å². The largest absolute Gasteiger partial charge is 0.307 e. The Labute approximate surface area is 263 Å². The van der Waals surface area contributed by atoms with E-state index in [-0.39, 0.29) is 0 Å². The third kappa shape index (κ3) is 3.76. The zero-order valence-corrected chi connectivity index (χ0v) is 25.5. The molecule has 6 aromatic carbocycles. The molecule has 0 spiro atoms. The number of para-hydroxylation sites is 1. The maximum atomic E-state index is 4.85. The molecule has 9 rings (SSSR count). The molecular weight excluding hydrogens is 567 g/mol. The van der Waals surface area contributed by atoms with E-state index in [9.17, 15) is 0 Å². The second-order valence-corrected chi connectivity index (χ2v) is 12.4. The average molecular weight is 594 g/mol. The minimum atomic E-state index is 0.769. The Morgan fingerprint density at radius 3 is 2.11 bits per heavy atom. The lowest BCUT2D eigenvalue weighted by atomic mass is 10.0. The molecule has 0 bridgehead atoms. The summed E-state index contributed by atoms with van der Waals surface area (Å²) >= 11 is 1.87. The van der Waals surface area contributed by atoms with Gasteiger partial charge in [-0.25, -0.2) is 0 Å². The first-order valence-electron chi connectivity index (χ1n) is 15.1. The highest BCUT2D eigenvalue weighted by Crippen LogP contribution is 2.46. The Bertz CT molecular complexity index is 2740. The van der Waals surface area contributed by atoms with E-state index in [0.717, 1.165) is 22.5 Å². The molecule has 3 aromatic heterocycles. The fourth-order valence-electron chi connectivity index (χ4n) is 7.07. The van der Waals surface area contributed by atoms with E-state index in [4.69, 9.17) is 4.99 Å². The van der Waals surface area contributed by atoms with Crippen LogP contribution in [0.1, 0.15) is 18.1 Å². The first-order valence-corrected chi connectivity index (χ1v) is 15.9. The number of thiophene rings is 1. The number of nitrogens with zero attached hydrogens (tertiary/aromatic N) is 3. The van der Waals surface area contributed by atoms with Crippen molar-refractivity contribution < 1.29 is 0 Å². The van der Waals surface area contributed by atoms with E-state index in [1.165, 1.54) is 69.0 Å². The standard InChI is InChI=1S/C41H27N3S/c1-3-43-39(27-20-19-25-11-4-5-12-26(25)23-27)38(42-2)28-21-22-35-33(24-28)41-40-37-32(16-10-18-36(37)45-41)30-14-7-6-13-29(30)31-15-8-9-17-34(31)44(35)40/h3-24H,2H2,1H3/b39-38-,43-3-. The van der Waals surface area contributed by atoms with Gasteiger partial charge in [-0.1, -0.05) is 97.1 Å². The SMILES string of the molecule is C=N/C(=C(\N=C/C)c1ccc2ccccc2c1)c1ccc2c(c1)c1sc3cccc4c5ccccc5c5ccccc5n2c1c34. The predicted molar refractivity (Wildman–Crippen MR) is 197 cm³/mol. The summed E-state index contributed by atoms with van der Waals surface area (Å²) in [4.78, 5) is 9.46. The molecule has 3 nitrogen and oxygen atoms in total. The molecule has 0 saturated carbocycles. The van der Waals surface area contributed by atoms with Crippen LogP contribution >= 0.6 is 11.3 Å². The Hall–Kier alpha value is -5.58. The minimum Gasteiger partial charge on any atom is -0.307 e. The summed E-state index contributed by atoms with van der Waals surface area (Å²) in [5, 5.41) is 9.91. The van der Waals surface area contributed by atoms with Crippen molar-refractivity contribution in [1.82, 2.24) is 4.40 Å². The van der Waals surface area contributed by atoms with Crippen LogP contribution in [-0.2, 0) is 0 Å². The number of fused-ring (bicyclic) bond motifs is 9. The number of hydrogen-bond acceptors (Lipinski definition) is 3. The normalized spacial score (nSPS) is 12.9. The molecule has 0 aliphatic heterocycles. The smallest absolute Gasteiger partial charge is 0.0960 e. The van der Waals surface area contributed by atoms with Gasteiger partial charge in [-0.05, 0) is 70.9 Å². The van der Waals surface area contributed by atoms with Gasteiger partial charge in [0.05, 0.1) is 32.6 Å². The second-order valence-electron chi connectivity index (χ2n) is 11.4. The molecule has 0 aliphatic rings. The third-order valence-corrected chi connectivity index (χ3v) is 10.2. The molecule has 0 atom stereocenters. The maximum Gasteiger partial charge on any atom is 0.0960 e. The molecule has 0 fully saturated rings. The summed E-state index contributed by atoms with van der Waals surface area (Å²) in [6.45, 7) is 5.97. The summed E-state index contributed by atoms with van der Waals surface area (Å²) in [5.74, 6) is 0. The van der Waals surface area contributed by atoms with Crippen molar-refractivity contribution in [3.05, 3.63) is 139 Å². The van der Waals surface area contributed by atoms with Gasteiger partial charge >= 0.3 is 0 Å². The van der Waals surface area contributed by atoms with Crippen molar-refractivity contribution in [2.24, 2.45) is 9.98 Å². The monoisotopic (exact) mass is 593 g/mol. The molecule has 212 valence electrons. The van der Waals surface area contributed by atoms with Crippen molar-refractivity contribution in [3.8, 4) is 0 Å². The fourth-order valence-corrected chi connectivity index (χ4v) is 8.31. The van der Waals surface area contributed by atoms with Crippen LogP contribution in [0.3, 0.4) is 0 Å². The van der Waals surface area contributed by atoms with E-state index in [1.807, 2.05) is 24.5 Å². The number of rotatable bonds is 4. The molecule has 0 radical (unpaired) electrons. The third-order valence-electron chi connectivity index (χ3n) is 8.99. The highest BCUT2D eigenvalue weighted by atomic mass is 32.1. The van der Waals surface area contributed by atoms with Crippen LogP contribution in [0.15, 0.2) is 137 Å². The van der Waals surface area contributed by atoms with Gasteiger partial charge in [0.1, 0.15) is 0 Å². The Morgan fingerprint density at radius 2 is 1.29 bits per heavy atom. The molecule has 0 amide bonds. The maximum absolute atomic E-state index is 4.85. The summed E-state index contributed by atoms with van der Waals surface area (Å²) in [6, 6.07) is 45.9. The Balaban J connectivity index is 1.42. The number of benzene rings is 6. The van der Waals surface area contributed by atoms with E-state index in [0.29, 0.717) is 0 Å². The van der Waals surface area contributed by atoms with Crippen LogP contribution in [0.25, 0.3) is 80.4 Å². The topological polar surface area (TPSA) is 29.1 Å². The molecule has 45 heavy (non-hydrogen) atoms. The van der Waals surface area contributed by atoms with Gasteiger partial charge in [-0.2, -0.15) is 0 Å². The van der Waals surface area contributed by atoms with E-state index >= 15 is 0 Å². The van der Waals surface area contributed by atoms with Crippen LogP contribution in [0, 0.1) is 0 Å². The van der Waals surface area contributed by atoms with Crippen molar-refractivity contribution >= 4 is 105 Å². The highest BCUT2D eigenvalue weighted by Gasteiger charge is 2.20. The lowest BCUT2D eigenvalue weighted by Crippen LogP contribution is -1.91. The van der Waals surface area contributed by atoms with Crippen molar-refractivity contribution in [1.29, 1.82) is 0 Å². The molecule has 0 unspecified atom stereocenters. The van der Waals surface area contributed by atoms with Crippen molar-refractivity contribution in [3.63, 3.8) is 0 Å². The highest BCUT2D eigenvalue weighted by molar-refractivity contribution is 7.27. The van der Waals surface area contributed by atoms with Gasteiger partial charge in [-0.3, -0.25) is 9.98 Å². The Kier molecular flexibility index (Phi) is 5.74. The van der Waals surface area contributed by atoms with Crippen LogP contribution in [-0.4, -0.2) is 17.3 Å². The van der Waals surface area contributed by atoms with Crippen molar-refractivity contribution in [2.75, 3.05) is 0 Å². The molecular formula is C41H27N3S. The summed E-state index contributed by atoms with van der Waals surface area (Å²) < 4.78 is 5.04.